The summed E-state index contributed by atoms with van der Waals surface area (Å²) in [5, 5.41) is 0. The first kappa shape index (κ1) is 19.3. The summed E-state index contributed by atoms with van der Waals surface area (Å²) in [6, 6.07) is 10.6. The van der Waals surface area contributed by atoms with Gasteiger partial charge in [-0.1, -0.05) is 32.0 Å². The van der Waals surface area contributed by atoms with Gasteiger partial charge >= 0.3 is 6.09 Å². The Morgan fingerprint density at radius 2 is 1.52 bits per heavy atom. The monoisotopic (exact) mass is 320 g/mol. The number of amides is 1. The minimum Gasteiger partial charge on any atom is -0.444 e. The molecule has 1 heterocycles. The zero-order valence-corrected chi connectivity index (χ0v) is 15.7. The highest BCUT2D eigenvalue weighted by Gasteiger charge is 2.35. The quantitative estimate of drug-likeness (QED) is 0.761. The van der Waals surface area contributed by atoms with E-state index in [0.29, 0.717) is 0 Å². The summed E-state index contributed by atoms with van der Waals surface area (Å²) >= 11 is 0. The molecule has 1 saturated heterocycles. The van der Waals surface area contributed by atoms with Gasteiger partial charge in [-0.2, -0.15) is 0 Å². The second-order valence-corrected chi connectivity index (χ2v) is 6.83. The Balaban J connectivity index is 0.00000127. The highest BCUT2D eigenvalue weighted by molar-refractivity contribution is 5.69. The molecule has 130 valence electrons. The van der Waals surface area contributed by atoms with Gasteiger partial charge in [0.15, 0.2) is 0 Å². The van der Waals surface area contributed by atoms with E-state index in [0.717, 1.165) is 13.1 Å². The number of para-hydroxylation sites is 1. The Labute approximate surface area is 141 Å². The summed E-state index contributed by atoms with van der Waals surface area (Å²) in [5.74, 6) is 0. The number of benzene rings is 1. The van der Waals surface area contributed by atoms with Crippen molar-refractivity contribution in [2.75, 3.05) is 18.0 Å². The lowest BCUT2D eigenvalue weighted by Crippen LogP contribution is -2.59. The summed E-state index contributed by atoms with van der Waals surface area (Å²) in [6.07, 6.45) is -0.213. The average Bonchev–Trinajstić information content (AvgIpc) is 2.47. The molecule has 2 atom stereocenters. The molecule has 0 saturated carbocycles. The molecule has 1 fully saturated rings. The minimum absolute atomic E-state index is 0.129. The molecule has 2 rings (SSSR count). The molecule has 4 heteroatoms. The highest BCUT2D eigenvalue weighted by atomic mass is 16.6. The second kappa shape index (κ2) is 8.23. The number of hydrogen-bond acceptors (Lipinski definition) is 3. The summed E-state index contributed by atoms with van der Waals surface area (Å²) in [4.78, 5) is 16.6. The standard InChI is InChI=1S/C17H26N2O2.C2H6/c1-13-11-18(15-9-7-6-8-10-15)12-14(2)19(13)16(20)21-17(3,4)5;1-2/h6-10,13-14H,11-12H2,1-5H3;1-2H3. The number of carbonyl (C=O) groups excluding carboxylic acids is 1. The van der Waals surface area contributed by atoms with Crippen molar-refractivity contribution >= 4 is 11.8 Å². The van der Waals surface area contributed by atoms with Gasteiger partial charge in [0.25, 0.3) is 0 Å². The Hall–Kier alpha value is -1.71. The van der Waals surface area contributed by atoms with Crippen LogP contribution in [0.1, 0.15) is 48.5 Å². The number of anilines is 1. The molecule has 0 radical (unpaired) electrons. The summed E-state index contributed by atoms with van der Waals surface area (Å²) in [7, 11) is 0. The molecule has 23 heavy (non-hydrogen) atoms. The van der Waals surface area contributed by atoms with Crippen LogP contribution in [-0.4, -0.2) is 41.8 Å². The minimum atomic E-state index is -0.451. The maximum atomic E-state index is 12.4. The van der Waals surface area contributed by atoms with Gasteiger partial charge in [-0.3, -0.25) is 4.90 Å². The third-order valence-electron chi connectivity index (χ3n) is 3.64. The molecule has 2 unspecified atom stereocenters. The van der Waals surface area contributed by atoms with Crippen LogP contribution in [0.25, 0.3) is 0 Å². The topological polar surface area (TPSA) is 32.8 Å². The fourth-order valence-corrected chi connectivity index (χ4v) is 2.85. The lowest BCUT2D eigenvalue weighted by atomic mass is 10.1. The molecule has 0 spiro atoms. The van der Waals surface area contributed by atoms with Crippen molar-refractivity contribution in [2.24, 2.45) is 0 Å². The maximum absolute atomic E-state index is 12.4. The van der Waals surface area contributed by atoms with E-state index in [4.69, 9.17) is 4.74 Å². The lowest BCUT2D eigenvalue weighted by Gasteiger charge is -2.45. The van der Waals surface area contributed by atoms with E-state index in [-0.39, 0.29) is 18.2 Å². The highest BCUT2D eigenvalue weighted by Crippen LogP contribution is 2.24. The molecule has 0 N–H and O–H groups in total. The fourth-order valence-electron chi connectivity index (χ4n) is 2.85. The van der Waals surface area contributed by atoms with Gasteiger partial charge in [0.2, 0.25) is 0 Å². The second-order valence-electron chi connectivity index (χ2n) is 6.83. The van der Waals surface area contributed by atoms with Gasteiger partial charge in [-0.25, -0.2) is 4.79 Å². The number of rotatable bonds is 1. The van der Waals surface area contributed by atoms with Gasteiger partial charge in [0.05, 0.1) is 12.1 Å². The van der Waals surface area contributed by atoms with Crippen LogP contribution in [0.4, 0.5) is 10.5 Å². The maximum Gasteiger partial charge on any atom is 0.410 e. The molecular formula is C19H32N2O2. The molecule has 1 aromatic rings. The number of carbonyl (C=O) groups is 1. The van der Waals surface area contributed by atoms with E-state index >= 15 is 0 Å². The zero-order valence-electron chi connectivity index (χ0n) is 15.7. The Morgan fingerprint density at radius 3 is 1.96 bits per heavy atom. The SMILES string of the molecule is CC.CC1CN(c2ccccc2)CC(C)N1C(=O)OC(C)(C)C. The molecule has 1 aliphatic heterocycles. The predicted molar refractivity (Wildman–Crippen MR) is 97.0 cm³/mol. The van der Waals surface area contributed by atoms with Crippen molar-refractivity contribution in [3.05, 3.63) is 30.3 Å². The summed E-state index contributed by atoms with van der Waals surface area (Å²) < 4.78 is 5.53. The molecule has 1 aliphatic rings. The van der Waals surface area contributed by atoms with Crippen LogP contribution in [0.3, 0.4) is 0 Å². The van der Waals surface area contributed by atoms with E-state index in [1.54, 1.807) is 0 Å². The van der Waals surface area contributed by atoms with Crippen LogP contribution in [0.15, 0.2) is 30.3 Å². The first-order valence-electron chi connectivity index (χ1n) is 8.59. The van der Waals surface area contributed by atoms with E-state index in [1.807, 2.05) is 57.7 Å². The van der Waals surface area contributed by atoms with Crippen LogP contribution in [0.2, 0.25) is 0 Å². The normalized spacial score (nSPS) is 21.3. The van der Waals surface area contributed by atoms with Gasteiger partial charge in [-0.15, -0.1) is 0 Å². The first-order chi connectivity index (χ1) is 10.8. The van der Waals surface area contributed by atoms with Crippen LogP contribution >= 0.6 is 0 Å². The number of nitrogens with zero attached hydrogens (tertiary/aromatic N) is 2. The predicted octanol–water partition coefficient (Wildman–Crippen LogP) is 4.55. The third kappa shape index (κ3) is 5.45. The van der Waals surface area contributed by atoms with E-state index in [9.17, 15) is 4.79 Å². The Kier molecular flexibility index (Phi) is 6.92. The number of piperazine rings is 1. The van der Waals surface area contributed by atoms with Crippen LogP contribution in [-0.2, 0) is 4.74 Å². The summed E-state index contributed by atoms with van der Waals surface area (Å²) in [5.41, 5.74) is 0.757. The molecule has 1 aromatic carbocycles. The van der Waals surface area contributed by atoms with Gasteiger partial charge in [0.1, 0.15) is 5.60 Å². The molecule has 1 amide bonds. The summed E-state index contributed by atoms with van der Waals surface area (Å²) in [6.45, 7) is 15.5. The van der Waals surface area contributed by atoms with Gasteiger partial charge < -0.3 is 9.64 Å². The Morgan fingerprint density at radius 1 is 1.04 bits per heavy atom. The smallest absolute Gasteiger partial charge is 0.410 e. The largest absolute Gasteiger partial charge is 0.444 e. The number of hydrogen-bond donors (Lipinski definition) is 0. The van der Waals surface area contributed by atoms with E-state index in [2.05, 4.69) is 30.9 Å². The van der Waals surface area contributed by atoms with Gasteiger partial charge in [0, 0.05) is 18.8 Å². The molecule has 0 aliphatic carbocycles. The van der Waals surface area contributed by atoms with Crippen LogP contribution < -0.4 is 4.90 Å². The van der Waals surface area contributed by atoms with E-state index < -0.39 is 5.60 Å². The van der Waals surface area contributed by atoms with Crippen LogP contribution in [0.5, 0.6) is 0 Å². The molecule has 0 bridgehead atoms. The van der Waals surface area contributed by atoms with Crippen molar-refractivity contribution in [1.29, 1.82) is 0 Å². The molecule has 4 nitrogen and oxygen atoms in total. The first-order valence-corrected chi connectivity index (χ1v) is 8.59. The van der Waals surface area contributed by atoms with E-state index in [1.165, 1.54) is 5.69 Å². The molecule has 0 aromatic heterocycles. The van der Waals surface area contributed by atoms with Crippen molar-refractivity contribution < 1.29 is 9.53 Å². The average molecular weight is 320 g/mol. The molecular weight excluding hydrogens is 288 g/mol. The zero-order chi connectivity index (χ0) is 17.6. The van der Waals surface area contributed by atoms with Crippen molar-refractivity contribution in [1.82, 2.24) is 4.90 Å². The van der Waals surface area contributed by atoms with Crippen molar-refractivity contribution in [3.63, 3.8) is 0 Å². The van der Waals surface area contributed by atoms with Gasteiger partial charge in [-0.05, 0) is 46.8 Å². The Bertz CT molecular complexity index is 470. The van der Waals surface area contributed by atoms with Crippen molar-refractivity contribution in [2.45, 2.75) is 66.2 Å². The lowest BCUT2D eigenvalue weighted by molar-refractivity contribution is 0.00566. The fraction of sp³-hybridized carbons (Fsp3) is 0.632. The van der Waals surface area contributed by atoms with Crippen LogP contribution in [0, 0.1) is 0 Å². The number of ether oxygens (including phenoxy) is 1. The third-order valence-corrected chi connectivity index (χ3v) is 3.64. The van der Waals surface area contributed by atoms with Crippen molar-refractivity contribution in [3.8, 4) is 0 Å².